The van der Waals surface area contributed by atoms with Crippen LogP contribution in [0.4, 0.5) is 22.0 Å². The Labute approximate surface area is 463 Å². The third-order valence-electron chi connectivity index (χ3n) is 12.3. The number of carboxylic acids is 1. The Morgan fingerprint density at radius 1 is 0.780 bits per heavy atom. The van der Waals surface area contributed by atoms with Crippen molar-refractivity contribution in [2.75, 3.05) is 72.6 Å². The van der Waals surface area contributed by atoms with Gasteiger partial charge in [0.15, 0.2) is 6.29 Å². The van der Waals surface area contributed by atoms with E-state index in [1.54, 1.807) is 48.7 Å². The first kappa shape index (κ1) is 64.7. The van der Waals surface area contributed by atoms with Crippen LogP contribution in [0.3, 0.4) is 0 Å². The number of amides is 2. The van der Waals surface area contributed by atoms with Crippen LogP contribution in [0, 0.1) is 29.1 Å². The fraction of sp³-hybridized carbons (Fsp3) is 0.529. The van der Waals surface area contributed by atoms with Crippen molar-refractivity contribution in [3.8, 4) is 17.2 Å². The molecule has 1 aromatic heterocycles. The Kier molecular flexibility index (Phi) is 24.7. The maximum Gasteiger partial charge on any atom is 0.364 e. The molecule has 2 saturated heterocycles. The van der Waals surface area contributed by atoms with Gasteiger partial charge in [-0.2, -0.15) is 8.78 Å². The van der Waals surface area contributed by atoms with Crippen molar-refractivity contribution in [3.05, 3.63) is 101 Å². The summed E-state index contributed by atoms with van der Waals surface area (Å²) in [4.78, 5) is 50.0. The average Bonchev–Trinajstić information content (AvgIpc) is 3.43. The van der Waals surface area contributed by atoms with Crippen LogP contribution in [0.15, 0.2) is 60.8 Å². The maximum atomic E-state index is 13.7. The van der Waals surface area contributed by atoms with Crippen LogP contribution in [0.25, 0.3) is 0 Å². The minimum Gasteiger partial charge on any atom is -0.477 e. The number of hydrogen-bond donors (Lipinski definition) is 9. The average molecular weight is 1180 g/mol. The van der Waals surface area contributed by atoms with Gasteiger partial charge in [-0.1, -0.05) is 29.5 Å². The molecule has 0 radical (unpaired) electrons. The number of carboxylic acid groups (broad SMARTS) is 1. The van der Waals surface area contributed by atoms with Gasteiger partial charge in [0.2, 0.25) is 40.7 Å². The molecule has 82 heavy (non-hydrogen) atoms. The summed E-state index contributed by atoms with van der Waals surface area (Å²) in [5.41, 5.74) is 0.553. The van der Waals surface area contributed by atoms with E-state index in [1.807, 2.05) is 0 Å². The molecule has 0 aliphatic carbocycles. The number of aliphatic carboxylic acids is 1. The van der Waals surface area contributed by atoms with Crippen LogP contribution in [0.5, 0.6) is 17.2 Å². The predicted molar refractivity (Wildman–Crippen MR) is 263 cm³/mol. The fourth-order valence-electron chi connectivity index (χ4n) is 8.08. The second-order valence-electron chi connectivity index (χ2n) is 18.3. The Bertz CT molecular complexity index is 2690. The number of aliphatic hydroxyl groups is 6. The van der Waals surface area contributed by atoms with Gasteiger partial charge in [0.1, 0.15) is 48.1 Å². The molecule has 2 aliphatic heterocycles. The molecule has 9 N–H and O–H groups in total. The molecule has 0 bridgehead atoms. The number of para-hydroxylation sites is 1. The second-order valence-corrected chi connectivity index (χ2v) is 18.3. The number of aliphatic hydroxyl groups excluding tert-OH is 6. The van der Waals surface area contributed by atoms with E-state index in [2.05, 4.69) is 25.7 Å². The van der Waals surface area contributed by atoms with Gasteiger partial charge < -0.3 is 93.7 Å². The smallest absolute Gasteiger partial charge is 0.364 e. The lowest BCUT2D eigenvalue weighted by Gasteiger charge is -2.47. The molecular weight excluding hydrogens is 1110 g/mol. The Balaban J connectivity index is 0.876. The number of benzene rings is 3. The monoisotopic (exact) mass is 1180 g/mol. The highest BCUT2D eigenvalue weighted by molar-refractivity contribution is 5.94. The van der Waals surface area contributed by atoms with E-state index in [1.165, 1.54) is 16.8 Å². The van der Waals surface area contributed by atoms with Crippen molar-refractivity contribution in [1.29, 1.82) is 0 Å². The zero-order valence-corrected chi connectivity index (χ0v) is 43.7. The molecule has 0 saturated carbocycles. The normalized spacial score (nSPS) is 23.4. The van der Waals surface area contributed by atoms with Crippen LogP contribution < -0.4 is 20.1 Å². The van der Waals surface area contributed by atoms with Crippen LogP contribution in [0.1, 0.15) is 35.8 Å². The number of carbonyl (C=O) groups is 4. The zero-order chi connectivity index (χ0) is 59.5. The highest BCUT2D eigenvalue weighted by Gasteiger charge is 2.57. The molecular formula is C51H62F5N5O21. The molecule has 452 valence electrons. The number of carbonyl (C=O) groups excluding carboxylic acids is 3. The van der Waals surface area contributed by atoms with Crippen LogP contribution in [-0.2, 0) is 65.2 Å². The summed E-state index contributed by atoms with van der Waals surface area (Å²) in [6.07, 6.45) is -16.3. The molecule has 0 spiro atoms. The van der Waals surface area contributed by atoms with Gasteiger partial charge in [-0.25, -0.2) is 22.6 Å². The first-order valence-corrected chi connectivity index (χ1v) is 25.4. The quantitative estimate of drug-likeness (QED) is 0.00763. The lowest BCUT2D eigenvalue weighted by Crippen LogP contribution is -2.68. The molecule has 11 atom stereocenters. The van der Waals surface area contributed by atoms with E-state index < -0.39 is 152 Å². The summed E-state index contributed by atoms with van der Waals surface area (Å²) < 4.78 is 123. The first-order chi connectivity index (χ1) is 39.2. The lowest BCUT2D eigenvalue weighted by molar-refractivity contribution is -0.338. The maximum absolute atomic E-state index is 13.7. The predicted octanol–water partition coefficient (Wildman–Crippen LogP) is -0.201. The molecule has 2 aliphatic rings. The van der Waals surface area contributed by atoms with Crippen LogP contribution in [-0.4, -0.2) is 214 Å². The van der Waals surface area contributed by atoms with Crippen molar-refractivity contribution in [2.24, 2.45) is 0 Å². The summed E-state index contributed by atoms with van der Waals surface area (Å²) in [7, 11) is 0. The number of nitrogens with one attached hydrogen (secondary N) is 2. The number of esters is 1. The first-order valence-electron chi connectivity index (χ1n) is 25.4. The molecule has 0 unspecified atom stereocenters. The highest BCUT2D eigenvalue weighted by atomic mass is 19.2. The van der Waals surface area contributed by atoms with E-state index in [4.69, 9.17) is 42.6 Å². The largest absolute Gasteiger partial charge is 0.477 e. The summed E-state index contributed by atoms with van der Waals surface area (Å²) in [5.74, 6) is -19.7. The number of hydrogen-bond acceptors (Lipinski definition) is 22. The summed E-state index contributed by atoms with van der Waals surface area (Å²) in [6.45, 7) is 0.430. The fourth-order valence-corrected chi connectivity index (χ4v) is 8.08. The molecule has 3 heterocycles. The van der Waals surface area contributed by atoms with Gasteiger partial charge >= 0.3 is 11.9 Å². The van der Waals surface area contributed by atoms with Crippen LogP contribution in [0.2, 0.25) is 0 Å². The number of halogens is 5. The minimum absolute atomic E-state index is 0.00337. The summed E-state index contributed by atoms with van der Waals surface area (Å²) in [5, 5.41) is 89.3. The number of rotatable bonds is 32. The van der Waals surface area contributed by atoms with E-state index in [0.29, 0.717) is 17.2 Å². The lowest BCUT2D eigenvalue weighted by atomic mass is 9.88. The Hall–Kier alpha value is -6.43. The molecule has 2 fully saturated rings. The standard InChI is InChI=1S/C51H62F5N5O21/c1-27(62)58-41-32(63)23-51(50(71)72,82-47(41)42(66)33(64)24-57-48(70)28-6-5-9-31(22-28)79-30-7-3-2-4-8-30)78-26-34-43(67)44(68)45(69)49(80-34)77-14-10-29-25-61(60-59-29)12-15-74-17-19-76-21-20-75-18-16-73-13-11-35(65)81-46-39(55)37(53)36(52)38(54)40(46)56/h2-9,22,25,32-34,41-45,47,49,63-64,66-69H,10-21,23-24,26H2,1H3,(H,57,70)(H,58,62)(H,71,72)/t32-,33+,34+,41+,42+,43-,44-,45+,47+,49+,51+/m0/s1. The zero-order valence-electron chi connectivity index (χ0n) is 43.7. The summed E-state index contributed by atoms with van der Waals surface area (Å²) in [6, 6.07) is 13.3. The topological polar surface area (TPSA) is 357 Å². The highest BCUT2D eigenvalue weighted by Crippen LogP contribution is 2.35. The molecule has 26 nitrogen and oxygen atoms in total. The molecule has 6 rings (SSSR count). The second kappa shape index (κ2) is 31.3. The van der Waals surface area contributed by atoms with Crippen molar-refractivity contribution in [3.63, 3.8) is 0 Å². The van der Waals surface area contributed by atoms with Crippen molar-refractivity contribution >= 4 is 23.8 Å². The molecule has 3 aromatic carbocycles. The van der Waals surface area contributed by atoms with Gasteiger partial charge in [-0.15, -0.1) is 5.10 Å². The third kappa shape index (κ3) is 18.0. The van der Waals surface area contributed by atoms with E-state index in [-0.39, 0.29) is 78.0 Å². The number of nitrogens with zero attached hydrogens (tertiary/aromatic N) is 3. The molecule has 4 aromatic rings. The van der Waals surface area contributed by atoms with Crippen molar-refractivity contribution in [2.45, 2.75) is 99.7 Å². The molecule has 31 heteroatoms. The number of aromatic nitrogens is 3. The minimum atomic E-state index is -2.85. The van der Waals surface area contributed by atoms with Gasteiger partial charge in [0.25, 0.3) is 11.7 Å². The molecule has 2 amide bonds. The third-order valence-corrected chi connectivity index (χ3v) is 12.3. The Morgan fingerprint density at radius 2 is 1.40 bits per heavy atom. The van der Waals surface area contributed by atoms with Crippen molar-refractivity contribution in [1.82, 2.24) is 25.6 Å². The Morgan fingerprint density at radius 3 is 2.05 bits per heavy atom. The summed E-state index contributed by atoms with van der Waals surface area (Å²) >= 11 is 0. The van der Waals surface area contributed by atoms with Crippen molar-refractivity contribution < 1.29 is 124 Å². The van der Waals surface area contributed by atoms with E-state index in [0.717, 1.165) is 6.92 Å². The van der Waals surface area contributed by atoms with E-state index >= 15 is 0 Å². The van der Waals surface area contributed by atoms with E-state index in [9.17, 15) is 76.9 Å². The van der Waals surface area contributed by atoms with Crippen LogP contribution >= 0.6 is 0 Å². The van der Waals surface area contributed by atoms with Gasteiger partial charge in [-0.05, 0) is 30.3 Å². The number of ether oxygens (including phenoxy) is 10. The van der Waals surface area contributed by atoms with Gasteiger partial charge in [0.05, 0.1) is 103 Å². The van der Waals surface area contributed by atoms with Gasteiger partial charge in [-0.3, -0.25) is 14.4 Å². The SMILES string of the molecule is CC(=O)N[C@H]1[C@H]([C@H](O)[C@H](O)CNC(=O)c2cccc(Oc3ccccc3)c2)O[C@@](OC[C@H]2O[C@@H](OCCc3cn(CCOCCOCCOCCOCCC(=O)Oc4c(F)c(F)c(F)c(F)c4F)nn3)[C@H](O)[C@@H](O)[C@H]2O)(C(=O)O)C[C@@H]1O. The van der Waals surface area contributed by atoms with Gasteiger partial charge in [0, 0.05) is 38.1 Å².